The van der Waals surface area contributed by atoms with Crippen molar-refractivity contribution < 1.29 is 4.74 Å². The Morgan fingerprint density at radius 3 is 2.52 bits per heavy atom. The third-order valence-electron chi connectivity index (χ3n) is 3.63. The van der Waals surface area contributed by atoms with Crippen molar-refractivity contribution in [3.05, 3.63) is 40.7 Å². The van der Waals surface area contributed by atoms with Gasteiger partial charge in [-0.15, -0.1) is 0 Å². The van der Waals surface area contributed by atoms with Crippen LogP contribution in [0.5, 0.6) is 0 Å². The number of morpholine rings is 1. The molecule has 0 bridgehead atoms. The fraction of sp³-hybridized carbons (Fsp3) is 0.333. The maximum atomic E-state index is 12.2. The SMILES string of the molecule is Cn1c(-c2ccc(N)cc2)nc(N2CCOCC2)cc1=O. The summed E-state index contributed by atoms with van der Waals surface area (Å²) < 4.78 is 6.89. The number of nitrogens with zero attached hydrogens (tertiary/aromatic N) is 3. The number of nitrogens with two attached hydrogens (primary N) is 1. The molecular formula is C15H18N4O2. The van der Waals surface area contributed by atoms with Gasteiger partial charge in [0.25, 0.3) is 5.56 Å². The lowest BCUT2D eigenvalue weighted by molar-refractivity contribution is 0.122. The molecule has 0 radical (unpaired) electrons. The minimum atomic E-state index is -0.0710. The number of hydrogen-bond donors (Lipinski definition) is 1. The summed E-state index contributed by atoms with van der Waals surface area (Å²) in [6.45, 7) is 2.82. The largest absolute Gasteiger partial charge is 0.399 e. The van der Waals surface area contributed by atoms with Crippen LogP contribution in [-0.2, 0) is 11.8 Å². The Bertz CT molecular complexity index is 688. The fourth-order valence-electron chi connectivity index (χ4n) is 2.37. The molecule has 0 saturated carbocycles. The summed E-state index contributed by atoms with van der Waals surface area (Å²) in [5, 5.41) is 0. The van der Waals surface area contributed by atoms with Crippen molar-refractivity contribution in [2.75, 3.05) is 36.9 Å². The molecule has 0 unspecified atom stereocenters. The van der Waals surface area contributed by atoms with Crippen molar-refractivity contribution in [2.45, 2.75) is 0 Å². The van der Waals surface area contributed by atoms with Gasteiger partial charge in [0.05, 0.1) is 13.2 Å². The quantitative estimate of drug-likeness (QED) is 0.829. The van der Waals surface area contributed by atoms with Gasteiger partial charge in [0.1, 0.15) is 11.6 Å². The standard InChI is InChI=1S/C15H18N4O2/c1-18-14(20)10-13(19-6-8-21-9-7-19)17-15(18)11-2-4-12(16)5-3-11/h2-5,10H,6-9,16H2,1H3. The first kappa shape index (κ1) is 13.6. The zero-order valence-electron chi connectivity index (χ0n) is 12.0. The number of rotatable bonds is 2. The van der Waals surface area contributed by atoms with E-state index in [1.807, 2.05) is 24.3 Å². The van der Waals surface area contributed by atoms with Crippen molar-refractivity contribution in [3.63, 3.8) is 0 Å². The number of aromatic nitrogens is 2. The molecule has 21 heavy (non-hydrogen) atoms. The normalized spacial score (nSPS) is 15.2. The van der Waals surface area contributed by atoms with Crippen LogP contribution in [0, 0.1) is 0 Å². The first-order chi connectivity index (χ1) is 10.1. The van der Waals surface area contributed by atoms with E-state index in [0.29, 0.717) is 30.5 Å². The first-order valence-corrected chi connectivity index (χ1v) is 6.92. The Balaban J connectivity index is 2.05. The second kappa shape index (κ2) is 5.57. The van der Waals surface area contributed by atoms with Crippen molar-refractivity contribution in [3.8, 4) is 11.4 Å². The van der Waals surface area contributed by atoms with Crippen LogP contribution < -0.4 is 16.2 Å². The molecule has 1 aliphatic rings. The van der Waals surface area contributed by atoms with Gasteiger partial charge < -0.3 is 15.4 Å². The summed E-state index contributed by atoms with van der Waals surface area (Å²) in [7, 11) is 1.73. The molecule has 1 aromatic carbocycles. The highest BCUT2D eigenvalue weighted by Crippen LogP contribution is 2.20. The van der Waals surface area contributed by atoms with E-state index in [4.69, 9.17) is 10.5 Å². The maximum Gasteiger partial charge on any atom is 0.255 e. The Morgan fingerprint density at radius 1 is 1.19 bits per heavy atom. The minimum Gasteiger partial charge on any atom is -0.399 e. The molecule has 0 aliphatic carbocycles. The molecule has 6 nitrogen and oxygen atoms in total. The van der Waals surface area contributed by atoms with E-state index in [0.717, 1.165) is 18.7 Å². The number of hydrogen-bond acceptors (Lipinski definition) is 5. The van der Waals surface area contributed by atoms with Crippen LogP contribution in [0.2, 0.25) is 0 Å². The zero-order valence-corrected chi connectivity index (χ0v) is 12.0. The predicted octanol–water partition coefficient (Wildman–Crippen LogP) is 0.866. The topological polar surface area (TPSA) is 73.4 Å². The van der Waals surface area contributed by atoms with E-state index in [9.17, 15) is 4.79 Å². The van der Waals surface area contributed by atoms with Crippen molar-refractivity contribution in [1.29, 1.82) is 0 Å². The van der Waals surface area contributed by atoms with E-state index in [2.05, 4.69) is 9.88 Å². The van der Waals surface area contributed by atoms with Crippen LogP contribution in [0.3, 0.4) is 0 Å². The lowest BCUT2D eigenvalue weighted by Gasteiger charge is -2.28. The highest BCUT2D eigenvalue weighted by atomic mass is 16.5. The monoisotopic (exact) mass is 286 g/mol. The molecule has 1 aromatic heterocycles. The number of anilines is 2. The molecule has 110 valence electrons. The smallest absolute Gasteiger partial charge is 0.255 e. The highest BCUT2D eigenvalue weighted by Gasteiger charge is 2.16. The van der Waals surface area contributed by atoms with Crippen LogP contribution in [0.1, 0.15) is 0 Å². The minimum absolute atomic E-state index is 0.0710. The average molecular weight is 286 g/mol. The maximum absolute atomic E-state index is 12.2. The van der Waals surface area contributed by atoms with E-state index in [1.54, 1.807) is 17.7 Å². The Kier molecular flexibility index (Phi) is 3.62. The summed E-state index contributed by atoms with van der Waals surface area (Å²) in [6.07, 6.45) is 0. The second-order valence-electron chi connectivity index (χ2n) is 5.06. The van der Waals surface area contributed by atoms with Crippen molar-refractivity contribution >= 4 is 11.5 Å². The zero-order chi connectivity index (χ0) is 14.8. The third-order valence-corrected chi connectivity index (χ3v) is 3.63. The fourth-order valence-corrected chi connectivity index (χ4v) is 2.37. The van der Waals surface area contributed by atoms with Crippen LogP contribution >= 0.6 is 0 Å². The van der Waals surface area contributed by atoms with Crippen molar-refractivity contribution in [2.24, 2.45) is 7.05 Å². The van der Waals surface area contributed by atoms with Crippen LogP contribution in [-0.4, -0.2) is 35.9 Å². The van der Waals surface area contributed by atoms with Gasteiger partial charge in [-0.05, 0) is 24.3 Å². The van der Waals surface area contributed by atoms with E-state index in [-0.39, 0.29) is 5.56 Å². The highest BCUT2D eigenvalue weighted by molar-refractivity contribution is 5.60. The van der Waals surface area contributed by atoms with Crippen molar-refractivity contribution in [1.82, 2.24) is 9.55 Å². The van der Waals surface area contributed by atoms with Gasteiger partial charge in [0, 0.05) is 37.5 Å². The van der Waals surface area contributed by atoms with Gasteiger partial charge in [0.15, 0.2) is 0 Å². The molecule has 0 amide bonds. The predicted molar refractivity (Wildman–Crippen MR) is 82.4 cm³/mol. The van der Waals surface area contributed by atoms with Gasteiger partial charge in [0.2, 0.25) is 0 Å². The summed E-state index contributed by atoms with van der Waals surface area (Å²) in [4.78, 5) is 18.9. The lowest BCUT2D eigenvalue weighted by atomic mass is 10.2. The molecule has 2 heterocycles. The average Bonchev–Trinajstić information content (AvgIpc) is 2.52. The summed E-state index contributed by atoms with van der Waals surface area (Å²) in [5.74, 6) is 1.34. The lowest BCUT2D eigenvalue weighted by Crippen LogP contribution is -2.38. The van der Waals surface area contributed by atoms with Crippen LogP contribution in [0.4, 0.5) is 11.5 Å². The summed E-state index contributed by atoms with van der Waals surface area (Å²) in [5.41, 5.74) is 7.20. The second-order valence-corrected chi connectivity index (χ2v) is 5.06. The number of benzene rings is 1. The third kappa shape index (κ3) is 2.75. The van der Waals surface area contributed by atoms with E-state index < -0.39 is 0 Å². The molecular weight excluding hydrogens is 268 g/mol. The van der Waals surface area contributed by atoms with Crippen LogP contribution in [0.25, 0.3) is 11.4 Å². The molecule has 2 N–H and O–H groups in total. The van der Waals surface area contributed by atoms with E-state index in [1.165, 1.54) is 0 Å². The van der Waals surface area contributed by atoms with Gasteiger partial charge in [-0.2, -0.15) is 0 Å². The molecule has 1 fully saturated rings. The summed E-state index contributed by atoms with van der Waals surface area (Å²) in [6, 6.07) is 8.94. The molecule has 6 heteroatoms. The summed E-state index contributed by atoms with van der Waals surface area (Å²) >= 11 is 0. The molecule has 1 aliphatic heterocycles. The van der Waals surface area contributed by atoms with Crippen LogP contribution in [0.15, 0.2) is 35.1 Å². The Morgan fingerprint density at radius 2 is 1.86 bits per heavy atom. The molecule has 2 aromatic rings. The van der Waals surface area contributed by atoms with E-state index >= 15 is 0 Å². The van der Waals surface area contributed by atoms with Gasteiger partial charge in [-0.25, -0.2) is 4.98 Å². The Hall–Kier alpha value is -2.34. The van der Waals surface area contributed by atoms with Gasteiger partial charge >= 0.3 is 0 Å². The molecule has 0 atom stereocenters. The molecule has 3 rings (SSSR count). The molecule has 1 saturated heterocycles. The first-order valence-electron chi connectivity index (χ1n) is 6.92. The number of ether oxygens (including phenoxy) is 1. The van der Waals surface area contributed by atoms with Gasteiger partial charge in [-0.1, -0.05) is 0 Å². The number of nitrogen functional groups attached to an aromatic ring is 1. The Labute approximate surface area is 122 Å². The van der Waals surface area contributed by atoms with Gasteiger partial charge in [-0.3, -0.25) is 9.36 Å². The molecule has 0 spiro atoms.